The SMILES string of the molecule is CN(C)c1ccc(C=CC(=O)N2CCC[C@@H]2CO)cc1. The molecule has 1 aliphatic heterocycles. The summed E-state index contributed by atoms with van der Waals surface area (Å²) in [6.45, 7) is 0.797. The minimum atomic E-state index is -0.0155. The Bertz CT molecular complexity index is 480. The zero-order valence-corrected chi connectivity index (χ0v) is 12.1. The highest BCUT2D eigenvalue weighted by molar-refractivity contribution is 5.92. The number of carbonyl (C=O) groups excluding carboxylic acids is 1. The molecular weight excluding hydrogens is 252 g/mol. The maximum absolute atomic E-state index is 12.1. The highest BCUT2D eigenvalue weighted by Gasteiger charge is 2.26. The lowest BCUT2D eigenvalue weighted by Crippen LogP contribution is -2.36. The Balaban J connectivity index is 2.00. The molecule has 1 atom stereocenters. The molecule has 1 amide bonds. The van der Waals surface area contributed by atoms with Gasteiger partial charge in [0.05, 0.1) is 12.6 Å². The Morgan fingerprint density at radius 3 is 2.70 bits per heavy atom. The van der Waals surface area contributed by atoms with E-state index in [1.54, 1.807) is 11.0 Å². The van der Waals surface area contributed by atoms with E-state index in [2.05, 4.69) is 0 Å². The molecule has 2 rings (SSSR count). The smallest absolute Gasteiger partial charge is 0.246 e. The van der Waals surface area contributed by atoms with Gasteiger partial charge in [-0.25, -0.2) is 0 Å². The minimum Gasteiger partial charge on any atom is -0.394 e. The minimum absolute atomic E-state index is 0.0109. The van der Waals surface area contributed by atoms with Gasteiger partial charge in [0.15, 0.2) is 0 Å². The first-order chi connectivity index (χ1) is 9.61. The lowest BCUT2D eigenvalue weighted by Gasteiger charge is -2.21. The molecule has 0 unspecified atom stereocenters. The van der Waals surface area contributed by atoms with E-state index in [4.69, 9.17) is 0 Å². The van der Waals surface area contributed by atoms with Crippen molar-refractivity contribution in [1.29, 1.82) is 0 Å². The van der Waals surface area contributed by atoms with E-state index in [1.807, 2.05) is 49.3 Å². The number of nitrogens with zero attached hydrogens (tertiary/aromatic N) is 2. The maximum atomic E-state index is 12.1. The molecule has 108 valence electrons. The van der Waals surface area contributed by atoms with Crippen LogP contribution in [-0.2, 0) is 4.79 Å². The van der Waals surface area contributed by atoms with Crippen molar-refractivity contribution in [2.75, 3.05) is 32.1 Å². The van der Waals surface area contributed by atoms with Gasteiger partial charge in [-0.3, -0.25) is 4.79 Å². The van der Waals surface area contributed by atoms with E-state index in [0.717, 1.165) is 30.6 Å². The van der Waals surface area contributed by atoms with Crippen LogP contribution < -0.4 is 4.90 Å². The Morgan fingerprint density at radius 2 is 2.10 bits per heavy atom. The van der Waals surface area contributed by atoms with Crippen LogP contribution in [0.4, 0.5) is 5.69 Å². The Hall–Kier alpha value is -1.81. The molecule has 0 bridgehead atoms. The third-order valence-corrected chi connectivity index (χ3v) is 3.70. The van der Waals surface area contributed by atoms with Gasteiger partial charge in [-0.15, -0.1) is 0 Å². The van der Waals surface area contributed by atoms with Gasteiger partial charge in [-0.05, 0) is 36.6 Å². The molecule has 4 heteroatoms. The fraction of sp³-hybridized carbons (Fsp3) is 0.438. The Kier molecular flexibility index (Phi) is 4.79. The van der Waals surface area contributed by atoms with Crippen molar-refractivity contribution < 1.29 is 9.90 Å². The number of aliphatic hydroxyl groups is 1. The molecule has 0 saturated carbocycles. The van der Waals surface area contributed by atoms with E-state index in [9.17, 15) is 9.90 Å². The second kappa shape index (κ2) is 6.57. The van der Waals surface area contributed by atoms with Crippen molar-refractivity contribution in [1.82, 2.24) is 4.90 Å². The average molecular weight is 274 g/mol. The summed E-state index contributed by atoms with van der Waals surface area (Å²) in [6.07, 6.45) is 5.29. The van der Waals surface area contributed by atoms with Crippen LogP contribution in [0.15, 0.2) is 30.3 Å². The molecule has 1 fully saturated rings. The van der Waals surface area contributed by atoms with Crippen molar-refractivity contribution in [3.63, 3.8) is 0 Å². The van der Waals surface area contributed by atoms with Crippen LogP contribution in [0.5, 0.6) is 0 Å². The van der Waals surface area contributed by atoms with Crippen molar-refractivity contribution in [2.45, 2.75) is 18.9 Å². The van der Waals surface area contributed by atoms with Crippen molar-refractivity contribution >= 4 is 17.7 Å². The maximum Gasteiger partial charge on any atom is 0.246 e. The van der Waals surface area contributed by atoms with Crippen LogP contribution in [0, 0.1) is 0 Å². The lowest BCUT2D eigenvalue weighted by atomic mass is 10.2. The molecule has 1 aromatic rings. The zero-order valence-electron chi connectivity index (χ0n) is 12.1. The number of likely N-dealkylation sites (tertiary alicyclic amines) is 1. The first-order valence-electron chi connectivity index (χ1n) is 6.98. The van der Waals surface area contributed by atoms with Crippen LogP contribution in [0.3, 0.4) is 0 Å². The average Bonchev–Trinajstić information content (AvgIpc) is 2.93. The topological polar surface area (TPSA) is 43.8 Å². The summed E-state index contributed by atoms with van der Waals surface area (Å²) in [5.41, 5.74) is 2.14. The highest BCUT2D eigenvalue weighted by Crippen LogP contribution is 2.18. The summed E-state index contributed by atoms with van der Waals surface area (Å²) in [6, 6.07) is 8.02. The van der Waals surface area contributed by atoms with Crippen molar-refractivity contribution in [3.8, 4) is 0 Å². The quantitative estimate of drug-likeness (QED) is 0.851. The van der Waals surface area contributed by atoms with E-state index < -0.39 is 0 Å². The molecule has 1 aromatic carbocycles. The van der Waals surface area contributed by atoms with E-state index in [1.165, 1.54) is 0 Å². The van der Waals surface area contributed by atoms with Crippen LogP contribution in [-0.4, -0.2) is 49.2 Å². The third-order valence-electron chi connectivity index (χ3n) is 3.70. The molecule has 0 radical (unpaired) electrons. The standard InChI is InChI=1S/C16H22N2O2/c1-17(2)14-8-5-13(6-9-14)7-10-16(20)18-11-3-4-15(18)12-19/h5-10,15,19H,3-4,11-12H2,1-2H3/t15-/m1/s1. The van der Waals surface area contributed by atoms with Gasteiger partial charge in [0.25, 0.3) is 0 Å². The molecule has 1 aliphatic rings. The highest BCUT2D eigenvalue weighted by atomic mass is 16.3. The normalized spacial score (nSPS) is 18.8. The van der Waals surface area contributed by atoms with Gasteiger partial charge >= 0.3 is 0 Å². The summed E-state index contributed by atoms with van der Waals surface area (Å²) >= 11 is 0. The number of anilines is 1. The Labute approximate surface area is 120 Å². The predicted molar refractivity (Wildman–Crippen MR) is 81.6 cm³/mol. The number of hydrogen-bond acceptors (Lipinski definition) is 3. The summed E-state index contributed by atoms with van der Waals surface area (Å²) in [5, 5.41) is 9.23. The summed E-state index contributed by atoms with van der Waals surface area (Å²) in [7, 11) is 3.99. The van der Waals surface area contributed by atoms with E-state index in [-0.39, 0.29) is 18.6 Å². The first kappa shape index (κ1) is 14.6. The number of hydrogen-bond donors (Lipinski definition) is 1. The van der Waals surface area contributed by atoms with Crippen LogP contribution in [0.2, 0.25) is 0 Å². The van der Waals surface area contributed by atoms with Crippen LogP contribution in [0.1, 0.15) is 18.4 Å². The molecule has 1 saturated heterocycles. The van der Waals surface area contributed by atoms with Crippen molar-refractivity contribution in [3.05, 3.63) is 35.9 Å². The van der Waals surface area contributed by atoms with Gasteiger partial charge in [0.2, 0.25) is 5.91 Å². The monoisotopic (exact) mass is 274 g/mol. The molecule has 1 heterocycles. The second-order valence-electron chi connectivity index (χ2n) is 5.33. The van der Waals surface area contributed by atoms with Gasteiger partial charge in [-0.2, -0.15) is 0 Å². The Morgan fingerprint density at radius 1 is 1.40 bits per heavy atom. The zero-order chi connectivity index (χ0) is 14.5. The molecule has 4 nitrogen and oxygen atoms in total. The number of carbonyl (C=O) groups is 1. The molecule has 0 spiro atoms. The fourth-order valence-electron chi connectivity index (χ4n) is 2.46. The molecule has 1 N–H and O–H groups in total. The molecule has 0 aromatic heterocycles. The number of aliphatic hydroxyl groups excluding tert-OH is 1. The van der Waals surface area contributed by atoms with Gasteiger partial charge in [0, 0.05) is 32.4 Å². The number of rotatable bonds is 4. The summed E-state index contributed by atoms with van der Waals surface area (Å²) in [4.78, 5) is 15.9. The predicted octanol–water partition coefficient (Wildman–Crippen LogP) is 1.75. The lowest BCUT2D eigenvalue weighted by molar-refractivity contribution is -0.127. The number of amides is 1. The third kappa shape index (κ3) is 3.39. The van der Waals surface area contributed by atoms with Crippen LogP contribution in [0.25, 0.3) is 6.08 Å². The molecule has 20 heavy (non-hydrogen) atoms. The fourth-order valence-corrected chi connectivity index (χ4v) is 2.46. The molecule has 0 aliphatic carbocycles. The largest absolute Gasteiger partial charge is 0.394 e. The summed E-state index contributed by atoms with van der Waals surface area (Å²) < 4.78 is 0. The number of benzene rings is 1. The van der Waals surface area contributed by atoms with Crippen LogP contribution >= 0.6 is 0 Å². The van der Waals surface area contributed by atoms with E-state index >= 15 is 0 Å². The van der Waals surface area contributed by atoms with Gasteiger partial charge in [-0.1, -0.05) is 12.1 Å². The van der Waals surface area contributed by atoms with Gasteiger partial charge in [0.1, 0.15) is 0 Å². The van der Waals surface area contributed by atoms with Gasteiger partial charge < -0.3 is 14.9 Å². The van der Waals surface area contributed by atoms with E-state index in [0.29, 0.717) is 0 Å². The van der Waals surface area contributed by atoms with Crippen molar-refractivity contribution in [2.24, 2.45) is 0 Å². The first-order valence-corrected chi connectivity index (χ1v) is 6.98. The second-order valence-corrected chi connectivity index (χ2v) is 5.33. The molecular formula is C16H22N2O2. The summed E-state index contributed by atoms with van der Waals surface area (Å²) in [5.74, 6) is -0.0155.